The molecule has 0 saturated carbocycles. The van der Waals surface area contributed by atoms with Crippen molar-refractivity contribution in [3.05, 3.63) is 23.3 Å². The summed E-state index contributed by atoms with van der Waals surface area (Å²) in [4.78, 5) is 24.9. The minimum atomic E-state index is -2.93. The molecule has 1 amide bonds. The highest BCUT2D eigenvalue weighted by Crippen LogP contribution is 2.21. The van der Waals surface area contributed by atoms with Crippen LogP contribution in [0.3, 0.4) is 0 Å². The number of hydrogen-bond acceptors (Lipinski definition) is 6. The SMILES string of the molecule is CCc1ncc2c(n1)CN(C(=O)CN(C)[C@@H]1CCS(=O)(=O)C1)C2. The van der Waals surface area contributed by atoms with Crippen LogP contribution in [0.25, 0.3) is 0 Å². The summed E-state index contributed by atoms with van der Waals surface area (Å²) in [5.41, 5.74) is 1.93. The standard InChI is InChI=1S/C15H22N4O3S/c1-3-14-16-6-11-7-19(8-13(11)17-14)15(20)9-18(2)12-4-5-23(21,22)10-12/h6,12H,3-5,7-10H2,1-2H3/t12-/m1/s1. The van der Waals surface area contributed by atoms with Crippen LogP contribution in [0.2, 0.25) is 0 Å². The Labute approximate surface area is 136 Å². The van der Waals surface area contributed by atoms with Crippen molar-refractivity contribution in [1.29, 1.82) is 0 Å². The summed E-state index contributed by atoms with van der Waals surface area (Å²) in [7, 11) is -1.11. The van der Waals surface area contributed by atoms with Crippen LogP contribution in [0.1, 0.15) is 30.4 Å². The molecule has 2 aliphatic rings. The number of rotatable bonds is 4. The maximum absolute atomic E-state index is 12.5. The topological polar surface area (TPSA) is 83.5 Å². The molecule has 0 spiro atoms. The van der Waals surface area contributed by atoms with Crippen LogP contribution in [-0.4, -0.2) is 65.2 Å². The van der Waals surface area contributed by atoms with Crippen LogP contribution >= 0.6 is 0 Å². The van der Waals surface area contributed by atoms with Crippen molar-refractivity contribution in [1.82, 2.24) is 19.8 Å². The lowest BCUT2D eigenvalue weighted by atomic mass is 10.2. The molecule has 0 radical (unpaired) electrons. The highest BCUT2D eigenvalue weighted by Gasteiger charge is 2.33. The third-order valence-corrected chi connectivity index (χ3v) is 6.34. The summed E-state index contributed by atoms with van der Waals surface area (Å²) in [6, 6.07) is -0.0552. The van der Waals surface area contributed by atoms with E-state index in [0.717, 1.165) is 23.5 Å². The van der Waals surface area contributed by atoms with Gasteiger partial charge in [0.15, 0.2) is 9.84 Å². The molecule has 7 nitrogen and oxygen atoms in total. The number of amides is 1. The Bertz CT molecular complexity index is 719. The molecule has 0 aromatic carbocycles. The van der Waals surface area contributed by atoms with E-state index in [4.69, 9.17) is 0 Å². The number of sulfone groups is 1. The number of aryl methyl sites for hydroxylation is 1. The quantitative estimate of drug-likeness (QED) is 0.768. The first-order valence-electron chi connectivity index (χ1n) is 7.90. The van der Waals surface area contributed by atoms with Crippen LogP contribution in [0, 0.1) is 0 Å². The first-order valence-corrected chi connectivity index (χ1v) is 9.72. The highest BCUT2D eigenvalue weighted by atomic mass is 32.2. The van der Waals surface area contributed by atoms with Crippen molar-refractivity contribution in [2.75, 3.05) is 25.1 Å². The molecule has 2 aliphatic heterocycles. The lowest BCUT2D eigenvalue weighted by Crippen LogP contribution is -2.41. The van der Waals surface area contributed by atoms with Gasteiger partial charge in [-0.3, -0.25) is 9.69 Å². The molecule has 1 aromatic heterocycles. The van der Waals surface area contributed by atoms with Crippen LogP contribution in [-0.2, 0) is 34.1 Å². The second-order valence-electron chi connectivity index (χ2n) is 6.33. The number of nitrogens with zero attached hydrogens (tertiary/aromatic N) is 4. The molecule has 3 heterocycles. The lowest BCUT2D eigenvalue weighted by molar-refractivity contribution is -0.133. The van der Waals surface area contributed by atoms with E-state index in [1.807, 2.05) is 25.1 Å². The van der Waals surface area contributed by atoms with E-state index >= 15 is 0 Å². The van der Waals surface area contributed by atoms with Crippen LogP contribution in [0.4, 0.5) is 0 Å². The molecular weight excluding hydrogens is 316 g/mol. The second-order valence-corrected chi connectivity index (χ2v) is 8.56. The lowest BCUT2D eigenvalue weighted by Gasteiger charge is -2.25. The minimum Gasteiger partial charge on any atom is -0.331 e. The van der Waals surface area contributed by atoms with Crippen LogP contribution in [0.15, 0.2) is 6.20 Å². The zero-order valence-corrected chi connectivity index (χ0v) is 14.3. The Balaban J connectivity index is 1.60. The van der Waals surface area contributed by atoms with E-state index in [0.29, 0.717) is 19.5 Å². The fourth-order valence-electron chi connectivity index (χ4n) is 3.11. The predicted octanol–water partition coefficient (Wildman–Crippen LogP) is 0.000100. The zero-order chi connectivity index (χ0) is 16.6. The molecule has 23 heavy (non-hydrogen) atoms. The van der Waals surface area contributed by atoms with Gasteiger partial charge in [-0.25, -0.2) is 18.4 Å². The Morgan fingerprint density at radius 1 is 1.43 bits per heavy atom. The average Bonchev–Trinajstić information content (AvgIpc) is 3.09. The first kappa shape index (κ1) is 16.3. The average molecular weight is 338 g/mol. The van der Waals surface area contributed by atoms with Gasteiger partial charge in [-0.15, -0.1) is 0 Å². The minimum absolute atomic E-state index is 0.00727. The van der Waals surface area contributed by atoms with E-state index in [-0.39, 0.29) is 30.0 Å². The van der Waals surface area contributed by atoms with Gasteiger partial charge in [-0.05, 0) is 13.5 Å². The molecule has 0 unspecified atom stereocenters. The first-order chi connectivity index (χ1) is 10.9. The summed E-state index contributed by atoms with van der Waals surface area (Å²) in [5.74, 6) is 1.18. The molecule has 126 valence electrons. The van der Waals surface area contributed by atoms with Crippen molar-refractivity contribution in [3.8, 4) is 0 Å². The zero-order valence-electron chi connectivity index (χ0n) is 13.5. The normalized spacial score (nSPS) is 22.6. The molecule has 1 fully saturated rings. The Morgan fingerprint density at radius 2 is 2.22 bits per heavy atom. The summed E-state index contributed by atoms with van der Waals surface area (Å²) >= 11 is 0. The van der Waals surface area contributed by atoms with Crippen LogP contribution < -0.4 is 0 Å². The monoisotopic (exact) mass is 338 g/mol. The number of likely N-dealkylation sites (N-methyl/N-ethyl adjacent to an activating group) is 1. The summed E-state index contributed by atoms with van der Waals surface area (Å²) < 4.78 is 23.1. The molecule has 8 heteroatoms. The van der Waals surface area contributed by atoms with Gasteiger partial charge in [-0.2, -0.15) is 0 Å². The fourth-order valence-corrected chi connectivity index (χ4v) is 4.91. The third-order valence-electron chi connectivity index (χ3n) is 4.59. The number of hydrogen-bond donors (Lipinski definition) is 0. The number of carbonyl (C=O) groups excluding carboxylic acids is 1. The number of fused-ring (bicyclic) bond motifs is 1. The van der Waals surface area contributed by atoms with Gasteiger partial charge in [0.1, 0.15) is 5.82 Å². The largest absolute Gasteiger partial charge is 0.331 e. The maximum Gasteiger partial charge on any atom is 0.237 e. The van der Waals surface area contributed by atoms with Crippen LogP contribution in [0.5, 0.6) is 0 Å². The predicted molar refractivity (Wildman–Crippen MR) is 85.4 cm³/mol. The molecule has 1 saturated heterocycles. The molecule has 0 bridgehead atoms. The van der Waals surface area contributed by atoms with Crippen molar-refractivity contribution >= 4 is 15.7 Å². The van der Waals surface area contributed by atoms with Crippen molar-refractivity contribution in [2.45, 2.75) is 38.9 Å². The Kier molecular flexibility index (Phi) is 4.37. The van der Waals surface area contributed by atoms with E-state index in [1.165, 1.54) is 0 Å². The highest BCUT2D eigenvalue weighted by molar-refractivity contribution is 7.91. The van der Waals surface area contributed by atoms with Gasteiger partial charge in [-0.1, -0.05) is 6.92 Å². The van der Waals surface area contributed by atoms with E-state index < -0.39 is 9.84 Å². The number of carbonyl (C=O) groups is 1. The second kappa shape index (κ2) is 6.16. The van der Waals surface area contributed by atoms with Crippen molar-refractivity contribution < 1.29 is 13.2 Å². The van der Waals surface area contributed by atoms with Gasteiger partial charge in [0.2, 0.25) is 5.91 Å². The van der Waals surface area contributed by atoms with Gasteiger partial charge in [0.05, 0.1) is 30.3 Å². The smallest absolute Gasteiger partial charge is 0.237 e. The number of aromatic nitrogens is 2. The van der Waals surface area contributed by atoms with E-state index in [9.17, 15) is 13.2 Å². The molecule has 0 aliphatic carbocycles. The van der Waals surface area contributed by atoms with Gasteiger partial charge >= 0.3 is 0 Å². The van der Waals surface area contributed by atoms with Gasteiger partial charge in [0, 0.05) is 30.8 Å². The summed E-state index contributed by atoms with van der Waals surface area (Å²) in [6.45, 7) is 3.29. The van der Waals surface area contributed by atoms with Gasteiger partial charge in [0.25, 0.3) is 0 Å². The fraction of sp³-hybridized carbons (Fsp3) is 0.667. The van der Waals surface area contributed by atoms with Crippen molar-refractivity contribution in [2.24, 2.45) is 0 Å². The molecule has 0 N–H and O–H groups in total. The molecular formula is C15H22N4O3S. The van der Waals surface area contributed by atoms with Gasteiger partial charge < -0.3 is 4.90 Å². The molecule has 1 atom stereocenters. The Morgan fingerprint density at radius 3 is 2.87 bits per heavy atom. The maximum atomic E-state index is 12.5. The summed E-state index contributed by atoms with van der Waals surface area (Å²) in [5, 5.41) is 0. The molecule has 1 aromatic rings. The van der Waals surface area contributed by atoms with E-state index in [2.05, 4.69) is 9.97 Å². The third kappa shape index (κ3) is 3.53. The molecule has 3 rings (SSSR count). The van der Waals surface area contributed by atoms with Crippen molar-refractivity contribution in [3.63, 3.8) is 0 Å². The Hall–Kier alpha value is -1.54. The van der Waals surface area contributed by atoms with E-state index in [1.54, 1.807) is 4.90 Å². The summed E-state index contributed by atoms with van der Waals surface area (Å²) in [6.07, 6.45) is 3.19.